The number of aryl methyl sites for hydroxylation is 1. The molecule has 0 spiro atoms. The molecule has 10 heteroatoms. The number of para-hydroxylation sites is 1. The highest BCUT2D eigenvalue weighted by molar-refractivity contribution is 7.92. The molecular formula is C30H36ClN3O5S. The van der Waals surface area contributed by atoms with Crippen molar-refractivity contribution >= 4 is 39.1 Å². The average molecular weight is 586 g/mol. The number of methoxy groups -OCH3 is 1. The minimum Gasteiger partial charge on any atom is -0.497 e. The van der Waals surface area contributed by atoms with Crippen molar-refractivity contribution in [1.82, 2.24) is 10.2 Å². The topological polar surface area (TPSA) is 96.0 Å². The van der Waals surface area contributed by atoms with E-state index in [4.69, 9.17) is 16.3 Å². The molecule has 0 radical (unpaired) electrons. The van der Waals surface area contributed by atoms with Crippen LogP contribution in [0, 0.1) is 6.92 Å². The molecule has 3 aromatic rings. The van der Waals surface area contributed by atoms with E-state index in [9.17, 15) is 18.0 Å². The molecule has 8 nitrogen and oxygen atoms in total. The van der Waals surface area contributed by atoms with Crippen molar-refractivity contribution in [3.63, 3.8) is 0 Å². The molecule has 0 aromatic heterocycles. The fourth-order valence-corrected chi connectivity index (χ4v) is 5.81. The van der Waals surface area contributed by atoms with Crippen LogP contribution in [-0.4, -0.2) is 51.4 Å². The van der Waals surface area contributed by atoms with Crippen LogP contribution in [0.15, 0.2) is 77.7 Å². The lowest BCUT2D eigenvalue weighted by Crippen LogP contribution is -2.51. The number of carbonyl (C=O) groups excluding carboxylic acids is 2. The Morgan fingerprint density at radius 3 is 2.38 bits per heavy atom. The lowest BCUT2D eigenvalue weighted by atomic mass is 10.1. The molecule has 1 unspecified atom stereocenters. The highest BCUT2D eigenvalue weighted by Gasteiger charge is 2.33. The van der Waals surface area contributed by atoms with E-state index >= 15 is 0 Å². The number of hydrogen-bond donors (Lipinski definition) is 1. The fourth-order valence-electron chi connectivity index (χ4n) is 4.09. The zero-order valence-corrected chi connectivity index (χ0v) is 24.8. The monoisotopic (exact) mass is 585 g/mol. The van der Waals surface area contributed by atoms with Gasteiger partial charge in [0.25, 0.3) is 10.0 Å². The standard InChI is InChI=1S/C30H36ClN3O5S/c1-5-6-18-32-30(36)23(3)33(20-24-10-9-11-25(19-24)39-4)29(35)21-34(28-13-8-7-12-27(28)31)40(37,38)26-16-14-22(2)15-17-26/h7-17,19,23H,5-6,18,20-21H2,1-4H3,(H,32,36). The van der Waals surface area contributed by atoms with E-state index < -0.39 is 28.5 Å². The van der Waals surface area contributed by atoms with Gasteiger partial charge in [-0.3, -0.25) is 13.9 Å². The third-order valence-electron chi connectivity index (χ3n) is 6.49. The quantitative estimate of drug-likeness (QED) is 0.279. The summed E-state index contributed by atoms with van der Waals surface area (Å²) in [5.41, 5.74) is 1.79. The highest BCUT2D eigenvalue weighted by atomic mass is 35.5. The first-order valence-corrected chi connectivity index (χ1v) is 14.9. The molecule has 0 fully saturated rings. The Balaban J connectivity index is 2.02. The number of benzene rings is 3. The van der Waals surface area contributed by atoms with E-state index in [0.29, 0.717) is 12.3 Å². The van der Waals surface area contributed by atoms with Crippen LogP contribution < -0.4 is 14.4 Å². The van der Waals surface area contributed by atoms with Crippen LogP contribution in [0.3, 0.4) is 0 Å². The maximum absolute atomic E-state index is 14.0. The summed E-state index contributed by atoms with van der Waals surface area (Å²) < 4.78 is 34.1. The van der Waals surface area contributed by atoms with Crippen LogP contribution in [-0.2, 0) is 26.2 Å². The maximum atomic E-state index is 14.0. The molecule has 1 N–H and O–H groups in total. The fraction of sp³-hybridized carbons (Fsp3) is 0.333. The summed E-state index contributed by atoms with van der Waals surface area (Å²) in [5.74, 6) is -0.281. The van der Waals surface area contributed by atoms with Crippen LogP contribution in [0.5, 0.6) is 5.75 Å². The number of ether oxygens (including phenoxy) is 1. The molecule has 0 aliphatic heterocycles. The van der Waals surface area contributed by atoms with Gasteiger partial charge in [-0.05, 0) is 62.2 Å². The van der Waals surface area contributed by atoms with Gasteiger partial charge in [-0.15, -0.1) is 0 Å². The van der Waals surface area contributed by atoms with Gasteiger partial charge in [-0.1, -0.05) is 66.9 Å². The Kier molecular flexibility index (Phi) is 11.0. The number of sulfonamides is 1. The van der Waals surface area contributed by atoms with E-state index in [0.717, 1.165) is 28.3 Å². The summed E-state index contributed by atoms with van der Waals surface area (Å²) in [7, 11) is -2.64. The number of hydrogen-bond acceptors (Lipinski definition) is 5. The number of nitrogens with zero attached hydrogens (tertiary/aromatic N) is 2. The molecule has 3 aromatic carbocycles. The average Bonchev–Trinajstić information content (AvgIpc) is 2.95. The molecule has 0 heterocycles. The smallest absolute Gasteiger partial charge is 0.264 e. The Hall–Kier alpha value is -3.56. The van der Waals surface area contributed by atoms with Gasteiger partial charge in [0.05, 0.1) is 22.7 Å². The van der Waals surface area contributed by atoms with Gasteiger partial charge in [0.15, 0.2) is 0 Å². The molecule has 214 valence electrons. The molecule has 1 atom stereocenters. The molecule has 0 aliphatic rings. The summed E-state index contributed by atoms with van der Waals surface area (Å²) in [6, 6.07) is 19.1. The first-order valence-electron chi connectivity index (χ1n) is 13.1. The summed E-state index contributed by atoms with van der Waals surface area (Å²) in [5, 5.41) is 3.05. The Labute approximate surface area is 241 Å². The van der Waals surface area contributed by atoms with Crippen molar-refractivity contribution in [3.05, 3.63) is 88.9 Å². The lowest BCUT2D eigenvalue weighted by Gasteiger charge is -2.32. The first-order chi connectivity index (χ1) is 19.1. The molecule has 40 heavy (non-hydrogen) atoms. The van der Waals surface area contributed by atoms with Crippen molar-refractivity contribution in [2.24, 2.45) is 0 Å². The number of anilines is 1. The predicted octanol–water partition coefficient (Wildman–Crippen LogP) is 5.19. The molecule has 0 saturated carbocycles. The van der Waals surface area contributed by atoms with Gasteiger partial charge in [0.2, 0.25) is 11.8 Å². The van der Waals surface area contributed by atoms with Gasteiger partial charge < -0.3 is 15.0 Å². The van der Waals surface area contributed by atoms with Crippen molar-refractivity contribution in [2.75, 3.05) is 24.5 Å². The summed E-state index contributed by atoms with van der Waals surface area (Å²) in [6.45, 7) is 5.50. The van der Waals surface area contributed by atoms with E-state index in [1.165, 1.54) is 17.0 Å². The number of nitrogens with one attached hydrogen (secondary N) is 1. The van der Waals surface area contributed by atoms with Gasteiger partial charge >= 0.3 is 0 Å². The van der Waals surface area contributed by atoms with Crippen molar-refractivity contribution in [1.29, 1.82) is 0 Å². The molecular weight excluding hydrogens is 550 g/mol. The largest absolute Gasteiger partial charge is 0.497 e. The van der Waals surface area contributed by atoms with Gasteiger partial charge in [-0.25, -0.2) is 8.42 Å². The summed E-state index contributed by atoms with van der Waals surface area (Å²) in [6.07, 6.45) is 1.71. The second kappa shape index (κ2) is 14.2. The second-order valence-electron chi connectivity index (χ2n) is 9.47. The van der Waals surface area contributed by atoms with Crippen LogP contribution in [0.4, 0.5) is 5.69 Å². The predicted molar refractivity (Wildman–Crippen MR) is 158 cm³/mol. The number of carbonyl (C=O) groups is 2. The van der Waals surface area contributed by atoms with Crippen molar-refractivity contribution in [3.8, 4) is 5.75 Å². The third kappa shape index (κ3) is 7.76. The van der Waals surface area contributed by atoms with Crippen LogP contribution in [0.1, 0.15) is 37.8 Å². The van der Waals surface area contributed by atoms with E-state index in [1.54, 1.807) is 68.6 Å². The van der Waals surface area contributed by atoms with E-state index in [1.807, 2.05) is 19.9 Å². The Bertz CT molecular complexity index is 1410. The van der Waals surface area contributed by atoms with E-state index in [2.05, 4.69) is 5.32 Å². The van der Waals surface area contributed by atoms with Gasteiger partial charge in [-0.2, -0.15) is 0 Å². The number of unbranched alkanes of at least 4 members (excludes halogenated alkanes) is 1. The minimum absolute atomic E-state index is 0.0236. The Morgan fingerprint density at radius 2 is 1.73 bits per heavy atom. The maximum Gasteiger partial charge on any atom is 0.264 e. The second-order valence-corrected chi connectivity index (χ2v) is 11.7. The van der Waals surface area contributed by atoms with Crippen LogP contribution >= 0.6 is 11.6 Å². The molecule has 3 rings (SSSR count). The van der Waals surface area contributed by atoms with Crippen molar-refractivity contribution < 1.29 is 22.7 Å². The SMILES string of the molecule is CCCCNC(=O)C(C)N(Cc1cccc(OC)c1)C(=O)CN(c1ccccc1Cl)S(=O)(=O)c1ccc(C)cc1. The zero-order chi connectivity index (χ0) is 29.3. The van der Waals surface area contributed by atoms with Crippen LogP contribution in [0.25, 0.3) is 0 Å². The molecule has 0 aliphatic carbocycles. The molecule has 0 saturated heterocycles. The number of halogens is 1. The Morgan fingerprint density at radius 1 is 1.02 bits per heavy atom. The molecule has 2 amide bonds. The highest BCUT2D eigenvalue weighted by Crippen LogP contribution is 2.31. The minimum atomic E-state index is -4.19. The summed E-state index contributed by atoms with van der Waals surface area (Å²) >= 11 is 6.44. The number of amides is 2. The number of rotatable bonds is 13. The summed E-state index contributed by atoms with van der Waals surface area (Å²) in [4.78, 5) is 28.4. The first kappa shape index (κ1) is 31.0. The van der Waals surface area contributed by atoms with Gasteiger partial charge in [0, 0.05) is 13.1 Å². The van der Waals surface area contributed by atoms with Crippen LogP contribution in [0.2, 0.25) is 5.02 Å². The zero-order valence-electron chi connectivity index (χ0n) is 23.3. The normalized spacial score (nSPS) is 11.9. The van der Waals surface area contributed by atoms with Gasteiger partial charge in [0.1, 0.15) is 18.3 Å². The van der Waals surface area contributed by atoms with E-state index in [-0.39, 0.29) is 28.1 Å². The van der Waals surface area contributed by atoms with Crippen molar-refractivity contribution in [2.45, 2.75) is 51.1 Å². The lowest BCUT2D eigenvalue weighted by molar-refractivity contribution is -0.139. The third-order valence-corrected chi connectivity index (χ3v) is 8.59. The molecule has 0 bridgehead atoms.